The molecule has 0 unspecified atom stereocenters. The smallest absolute Gasteiger partial charge is 0.0443 e. The van der Waals surface area contributed by atoms with Crippen molar-refractivity contribution >= 4 is 0 Å². The molecule has 0 heteroatoms. The van der Waals surface area contributed by atoms with Crippen LogP contribution < -0.4 is 0 Å². The summed E-state index contributed by atoms with van der Waals surface area (Å²) in [6.07, 6.45) is 39.8. The van der Waals surface area contributed by atoms with Crippen LogP contribution in [0.2, 0.25) is 0 Å². The topological polar surface area (TPSA) is 0 Å². The van der Waals surface area contributed by atoms with Crippen LogP contribution in [0.15, 0.2) is 0 Å². The summed E-state index contributed by atoms with van der Waals surface area (Å²) in [7, 11) is 0. The van der Waals surface area contributed by atoms with Gasteiger partial charge in [-0.2, -0.15) is 0 Å². The normalized spacial score (nSPS) is 15.6. The maximum absolute atomic E-state index is 2.43. The highest BCUT2D eigenvalue weighted by Gasteiger charge is 2.08. The molecule has 0 aliphatic heterocycles. The second kappa shape index (κ2) is 48.5. The van der Waals surface area contributed by atoms with Crippen LogP contribution in [0.25, 0.3) is 0 Å². The van der Waals surface area contributed by atoms with Gasteiger partial charge in [0.25, 0.3) is 0 Å². The molecule has 0 N–H and O–H groups in total. The molecule has 0 bridgehead atoms. The molecule has 368 valence electrons. The Labute approximate surface area is 387 Å². The Balaban J connectivity index is -0.000000348. The fraction of sp³-hybridized carbons (Fsp3) is 1.00. The van der Waals surface area contributed by atoms with Gasteiger partial charge in [0.05, 0.1) is 0 Å². The summed E-state index contributed by atoms with van der Waals surface area (Å²) in [6, 6.07) is 0. The zero-order valence-corrected chi connectivity index (χ0v) is 46.7. The largest absolute Gasteiger partial charge is 0.0651 e. The van der Waals surface area contributed by atoms with Crippen molar-refractivity contribution < 1.29 is 0 Å². The van der Waals surface area contributed by atoms with Crippen molar-refractivity contribution in [3.63, 3.8) is 0 Å². The fourth-order valence-electron chi connectivity index (χ4n) is 8.15. The standard InChI is InChI=1S/4C15H32/c4*1-6-14(4)10-8-12-15(5)11-7-9-13(2)3/h4*13-15H,6-12H2,1-5H3/t2*14-,15+;2*14-,15-/m1010/s1. The predicted molar refractivity (Wildman–Crippen MR) is 285 cm³/mol. The minimum atomic E-state index is 0.886. The lowest BCUT2D eigenvalue weighted by molar-refractivity contribution is 0.397. The molecule has 8 atom stereocenters. The SMILES string of the molecule is CC[C@@H](C)CCC[C@@H](C)CCCC(C)C.CC[C@@H](C)CCC[C@H](C)CCCC(C)C.CC[C@H](C)CCC[C@@H](C)CCCC(C)C.CC[C@H](C)CCC[C@H](C)CCCC(C)C. The minimum Gasteiger partial charge on any atom is -0.0651 e. The van der Waals surface area contributed by atoms with E-state index < -0.39 is 0 Å². The monoisotopic (exact) mass is 849 g/mol. The summed E-state index contributed by atoms with van der Waals surface area (Å²) in [5.41, 5.74) is 0. The summed E-state index contributed by atoms with van der Waals surface area (Å²) in [4.78, 5) is 0. The molecule has 0 fully saturated rings. The molecule has 0 spiro atoms. The first kappa shape index (κ1) is 66.6. The predicted octanol–water partition coefficient (Wildman–Crippen LogP) is 22.7. The molecule has 0 aromatic carbocycles. The zero-order chi connectivity index (χ0) is 46.7. The Morgan fingerprint density at radius 2 is 0.283 bits per heavy atom. The molecule has 0 aliphatic rings. The molecule has 0 saturated carbocycles. The molecule has 60 heavy (non-hydrogen) atoms. The number of hydrogen-bond acceptors (Lipinski definition) is 0. The first-order chi connectivity index (χ1) is 28.2. The Hall–Kier alpha value is 0. The van der Waals surface area contributed by atoms with Crippen molar-refractivity contribution in [2.24, 2.45) is 71.0 Å². The van der Waals surface area contributed by atoms with Crippen molar-refractivity contribution in [2.75, 3.05) is 0 Å². The van der Waals surface area contributed by atoms with E-state index in [0.29, 0.717) is 0 Å². The Morgan fingerprint density at radius 3 is 0.400 bits per heavy atom. The molecule has 0 aromatic heterocycles. The van der Waals surface area contributed by atoms with Gasteiger partial charge in [0.1, 0.15) is 0 Å². The van der Waals surface area contributed by atoms with Gasteiger partial charge in [0, 0.05) is 0 Å². The van der Waals surface area contributed by atoms with Gasteiger partial charge in [-0.25, -0.2) is 0 Å². The molecule has 0 aromatic rings. The second-order valence-corrected chi connectivity index (χ2v) is 23.5. The molecule has 0 aliphatic carbocycles. The number of rotatable bonds is 36. The number of hydrogen-bond donors (Lipinski definition) is 0. The van der Waals surface area contributed by atoms with E-state index >= 15 is 0 Å². The van der Waals surface area contributed by atoms with Crippen molar-refractivity contribution in [1.29, 1.82) is 0 Å². The van der Waals surface area contributed by atoms with E-state index in [-0.39, 0.29) is 0 Å². The quantitative estimate of drug-likeness (QED) is 0.0589. The maximum Gasteiger partial charge on any atom is -0.0443 e. The third-order valence-electron chi connectivity index (χ3n) is 14.3. The molecule has 0 heterocycles. The first-order valence-corrected chi connectivity index (χ1v) is 28.2. The van der Waals surface area contributed by atoms with E-state index in [1.807, 2.05) is 0 Å². The van der Waals surface area contributed by atoms with E-state index in [0.717, 1.165) is 71.0 Å². The Bertz CT molecular complexity index is 632. The van der Waals surface area contributed by atoms with Crippen molar-refractivity contribution in [3.05, 3.63) is 0 Å². The van der Waals surface area contributed by atoms with Crippen molar-refractivity contribution in [1.82, 2.24) is 0 Å². The van der Waals surface area contributed by atoms with Crippen molar-refractivity contribution in [2.45, 2.75) is 318 Å². The van der Waals surface area contributed by atoms with Crippen LogP contribution >= 0.6 is 0 Å². The van der Waals surface area contributed by atoms with E-state index in [1.54, 1.807) is 0 Å². The summed E-state index contributed by atoms with van der Waals surface area (Å²) in [6.45, 7) is 47.0. The molecular formula is C60H128. The van der Waals surface area contributed by atoms with Gasteiger partial charge in [-0.3, -0.25) is 0 Å². The van der Waals surface area contributed by atoms with Crippen LogP contribution in [0.4, 0.5) is 0 Å². The third-order valence-corrected chi connectivity index (χ3v) is 14.3. The van der Waals surface area contributed by atoms with E-state index in [9.17, 15) is 0 Å². The van der Waals surface area contributed by atoms with Gasteiger partial charge in [-0.1, -0.05) is 318 Å². The third kappa shape index (κ3) is 60.1. The molecule has 0 rings (SSSR count). The summed E-state index contributed by atoms with van der Waals surface area (Å²) in [5.74, 6) is 11.1. The molecule has 0 radical (unpaired) electrons. The van der Waals surface area contributed by atoms with Crippen LogP contribution in [-0.4, -0.2) is 0 Å². The van der Waals surface area contributed by atoms with Gasteiger partial charge >= 0.3 is 0 Å². The lowest BCUT2D eigenvalue weighted by Gasteiger charge is -2.13. The average molecular weight is 850 g/mol. The van der Waals surface area contributed by atoms with Gasteiger partial charge in [-0.05, 0) is 71.0 Å². The van der Waals surface area contributed by atoms with Crippen LogP contribution in [0, 0.1) is 71.0 Å². The lowest BCUT2D eigenvalue weighted by Crippen LogP contribution is -1.99. The summed E-state index contributed by atoms with van der Waals surface area (Å²) < 4.78 is 0. The summed E-state index contributed by atoms with van der Waals surface area (Å²) >= 11 is 0. The highest BCUT2D eigenvalue weighted by atomic mass is 14.1. The van der Waals surface area contributed by atoms with Gasteiger partial charge in [0.15, 0.2) is 0 Å². The molecule has 0 saturated heterocycles. The van der Waals surface area contributed by atoms with Gasteiger partial charge < -0.3 is 0 Å². The van der Waals surface area contributed by atoms with Crippen molar-refractivity contribution in [3.8, 4) is 0 Å². The summed E-state index contributed by atoms with van der Waals surface area (Å²) in [5, 5.41) is 0. The maximum atomic E-state index is 2.43. The van der Waals surface area contributed by atoms with E-state index in [2.05, 4.69) is 138 Å². The van der Waals surface area contributed by atoms with Crippen LogP contribution in [0.3, 0.4) is 0 Å². The highest BCUT2D eigenvalue weighted by Crippen LogP contribution is 2.23. The van der Waals surface area contributed by atoms with Crippen LogP contribution in [-0.2, 0) is 0 Å². The fourth-order valence-corrected chi connectivity index (χ4v) is 8.15. The second-order valence-electron chi connectivity index (χ2n) is 23.5. The van der Waals surface area contributed by atoms with Crippen LogP contribution in [0.5, 0.6) is 0 Å². The Kier molecular flexibility index (Phi) is 53.8. The Morgan fingerprint density at radius 1 is 0.167 bits per heavy atom. The highest BCUT2D eigenvalue weighted by molar-refractivity contribution is 4.61. The van der Waals surface area contributed by atoms with Gasteiger partial charge in [0.2, 0.25) is 0 Å². The van der Waals surface area contributed by atoms with E-state index in [4.69, 9.17) is 0 Å². The van der Waals surface area contributed by atoms with Gasteiger partial charge in [-0.15, -0.1) is 0 Å². The zero-order valence-electron chi connectivity index (χ0n) is 46.7. The first-order valence-electron chi connectivity index (χ1n) is 28.2. The van der Waals surface area contributed by atoms with Crippen LogP contribution in [0.1, 0.15) is 318 Å². The molecule has 0 nitrogen and oxygen atoms in total. The molecular weight excluding hydrogens is 721 g/mol. The lowest BCUT2D eigenvalue weighted by atomic mass is 9.93. The molecule has 0 amide bonds. The minimum absolute atomic E-state index is 0.886. The average Bonchev–Trinajstić information content (AvgIpc) is 3.17. The van der Waals surface area contributed by atoms with E-state index in [1.165, 1.54) is 180 Å².